The Labute approximate surface area is 104 Å². The highest BCUT2D eigenvalue weighted by atomic mass is 79.9. The molecular formula is C11H15BrN2O2. The van der Waals surface area contributed by atoms with Gasteiger partial charge in [0.2, 0.25) is 5.88 Å². The Hall–Kier alpha value is -0.970. The lowest BCUT2D eigenvalue weighted by atomic mass is 10.2. The van der Waals surface area contributed by atoms with Crippen LogP contribution >= 0.6 is 15.9 Å². The molecule has 0 bridgehead atoms. The van der Waals surface area contributed by atoms with Crippen LogP contribution in [-0.4, -0.2) is 17.6 Å². The smallest absolute Gasteiger partial charge is 0.213 e. The molecule has 0 aliphatic heterocycles. The highest BCUT2D eigenvalue weighted by Crippen LogP contribution is 2.23. The third kappa shape index (κ3) is 3.56. The van der Waals surface area contributed by atoms with Gasteiger partial charge in [0.1, 0.15) is 0 Å². The third-order valence-corrected chi connectivity index (χ3v) is 3.45. The Morgan fingerprint density at radius 2 is 2.25 bits per heavy atom. The maximum absolute atomic E-state index is 10.2. The lowest BCUT2D eigenvalue weighted by Gasteiger charge is -2.09. The van der Waals surface area contributed by atoms with Gasteiger partial charge in [0.15, 0.2) is 0 Å². The molecule has 1 heterocycles. The summed E-state index contributed by atoms with van der Waals surface area (Å²) < 4.78 is 6.47. The second-order valence-corrected chi connectivity index (χ2v) is 4.56. The topological polar surface area (TPSA) is 51.5 Å². The normalized spacial score (nSPS) is 12.2. The van der Waals surface area contributed by atoms with Crippen molar-refractivity contribution in [3.8, 4) is 5.88 Å². The molecule has 0 aliphatic rings. The predicted octanol–water partition coefficient (Wildman–Crippen LogP) is 3.38. The summed E-state index contributed by atoms with van der Waals surface area (Å²) in [7, 11) is 0. The second-order valence-electron chi connectivity index (χ2n) is 3.77. The van der Waals surface area contributed by atoms with E-state index in [9.17, 15) is 4.91 Å². The van der Waals surface area contributed by atoms with Crippen LogP contribution < -0.4 is 4.74 Å². The molecule has 88 valence electrons. The van der Waals surface area contributed by atoms with Crippen molar-refractivity contribution in [3.63, 3.8) is 0 Å². The Morgan fingerprint density at radius 3 is 2.81 bits per heavy atom. The summed E-state index contributed by atoms with van der Waals surface area (Å²) in [5.74, 6) is 0.594. The van der Waals surface area contributed by atoms with Crippen molar-refractivity contribution in [3.05, 3.63) is 26.7 Å². The van der Waals surface area contributed by atoms with Gasteiger partial charge in [-0.25, -0.2) is 4.98 Å². The number of aromatic nitrogens is 1. The second kappa shape index (κ2) is 5.94. The zero-order valence-corrected chi connectivity index (χ0v) is 11.2. The molecule has 0 fully saturated rings. The summed E-state index contributed by atoms with van der Waals surface area (Å²) in [5, 5.41) is 2.91. The van der Waals surface area contributed by atoms with Crippen molar-refractivity contribution in [1.82, 2.24) is 4.98 Å². The summed E-state index contributed by atoms with van der Waals surface area (Å²) in [6.07, 6.45) is 0.610. The largest absolute Gasteiger partial charge is 0.478 e. The standard InChI is InChI=1S/C11H15BrN2O2/c1-7-6-10(13-9(3)11(7)12)16-5-4-8(2)14-15/h6,8H,4-5H2,1-3H3/t8-/m0/s1. The van der Waals surface area contributed by atoms with E-state index in [1.165, 1.54) is 0 Å². The van der Waals surface area contributed by atoms with Gasteiger partial charge < -0.3 is 4.74 Å². The molecule has 0 N–H and O–H groups in total. The lowest BCUT2D eigenvalue weighted by Crippen LogP contribution is -2.07. The van der Waals surface area contributed by atoms with Gasteiger partial charge in [-0.1, -0.05) is 5.18 Å². The van der Waals surface area contributed by atoms with E-state index in [1.807, 2.05) is 19.9 Å². The third-order valence-electron chi connectivity index (χ3n) is 2.25. The SMILES string of the molecule is Cc1cc(OCC[C@H](C)N=O)nc(C)c1Br. The van der Waals surface area contributed by atoms with Crippen molar-refractivity contribution in [1.29, 1.82) is 0 Å². The quantitative estimate of drug-likeness (QED) is 0.780. The van der Waals surface area contributed by atoms with Gasteiger partial charge in [0.25, 0.3) is 0 Å². The fourth-order valence-corrected chi connectivity index (χ4v) is 1.44. The van der Waals surface area contributed by atoms with E-state index in [0.717, 1.165) is 15.7 Å². The first-order chi connectivity index (χ1) is 7.54. The van der Waals surface area contributed by atoms with E-state index in [4.69, 9.17) is 4.74 Å². The van der Waals surface area contributed by atoms with Crippen LogP contribution in [0.25, 0.3) is 0 Å². The van der Waals surface area contributed by atoms with E-state index in [-0.39, 0.29) is 6.04 Å². The fraction of sp³-hybridized carbons (Fsp3) is 0.545. The van der Waals surface area contributed by atoms with Crippen LogP contribution in [0, 0.1) is 18.8 Å². The number of nitrogens with zero attached hydrogens (tertiary/aromatic N) is 2. The summed E-state index contributed by atoms with van der Waals surface area (Å²) in [5.41, 5.74) is 1.99. The molecule has 0 aliphatic carbocycles. The van der Waals surface area contributed by atoms with Crippen molar-refractivity contribution in [2.75, 3.05) is 6.61 Å². The maximum atomic E-state index is 10.2. The highest BCUT2D eigenvalue weighted by molar-refractivity contribution is 9.10. The first-order valence-corrected chi connectivity index (χ1v) is 5.93. The summed E-state index contributed by atoms with van der Waals surface area (Å²) in [6.45, 7) is 6.13. The van der Waals surface area contributed by atoms with Crippen LogP contribution in [0.3, 0.4) is 0 Å². The Balaban J connectivity index is 2.58. The summed E-state index contributed by atoms with van der Waals surface area (Å²) in [4.78, 5) is 14.5. The van der Waals surface area contributed by atoms with E-state index >= 15 is 0 Å². The van der Waals surface area contributed by atoms with Gasteiger partial charge in [0, 0.05) is 17.0 Å². The van der Waals surface area contributed by atoms with Crippen LogP contribution in [0.4, 0.5) is 0 Å². The molecule has 1 aromatic heterocycles. The molecule has 1 aromatic rings. The summed E-state index contributed by atoms with van der Waals surface area (Å²) >= 11 is 3.44. The number of nitroso groups, excluding NO2 is 1. The maximum Gasteiger partial charge on any atom is 0.213 e. The molecule has 0 spiro atoms. The van der Waals surface area contributed by atoms with Crippen LogP contribution in [0.5, 0.6) is 5.88 Å². The van der Waals surface area contributed by atoms with Gasteiger partial charge in [-0.3, -0.25) is 0 Å². The average Bonchev–Trinajstić information content (AvgIpc) is 2.25. The van der Waals surface area contributed by atoms with Gasteiger partial charge in [-0.15, -0.1) is 0 Å². The highest BCUT2D eigenvalue weighted by Gasteiger charge is 2.06. The lowest BCUT2D eigenvalue weighted by molar-refractivity contribution is 0.289. The molecule has 0 unspecified atom stereocenters. The van der Waals surface area contributed by atoms with Gasteiger partial charge in [-0.2, -0.15) is 4.91 Å². The molecule has 0 saturated carbocycles. The number of hydrogen-bond donors (Lipinski definition) is 0. The molecule has 5 heteroatoms. The first kappa shape index (κ1) is 13.1. The molecule has 0 aromatic carbocycles. The van der Waals surface area contributed by atoms with Crippen LogP contribution in [0.1, 0.15) is 24.6 Å². The van der Waals surface area contributed by atoms with E-state index in [0.29, 0.717) is 18.9 Å². The predicted molar refractivity (Wildman–Crippen MR) is 66.8 cm³/mol. The van der Waals surface area contributed by atoms with Crippen molar-refractivity contribution >= 4 is 15.9 Å². The number of pyridine rings is 1. The number of rotatable bonds is 5. The fourth-order valence-electron chi connectivity index (χ4n) is 1.24. The van der Waals surface area contributed by atoms with Crippen LogP contribution in [-0.2, 0) is 0 Å². The van der Waals surface area contributed by atoms with Crippen LogP contribution in [0.15, 0.2) is 15.7 Å². The molecule has 1 atom stereocenters. The Kier molecular flexibility index (Phi) is 4.86. The van der Waals surface area contributed by atoms with Crippen molar-refractivity contribution in [2.45, 2.75) is 33.2 Å². The molecule has 1 rings (SSSR count). The van der Waals surface area contributed by atoms with Gasteiger partial charge in [-0.05, 0) is 42.3 Å². The molecule has 0 amide bonds. The molecule has 4 nitrogen and oxygen atoms in total. The van der Waals surface area contributed by atoms with Crippen molar-refractivity contribution < 1.29 is 4.74 Å². The van der Waals surface area contributed by atoms with Crippen molar-refractivity contribution in [2.24, 2.45) is 5.18 Å². The molecular weight excluding hydrogens is 272 g/mol. The minimum Gasteiger partial charge on any atom is -0.478 e. The number of aryl methyl sites for hydroxylation is 2. The minimum absolute atomic E-state index is 0.211. The van der Waals surface area contributed by atoms with Gasteiger partial charge >= 0.3 is 0 Å². The van der Waals surface area contributed by atoms with E-state index in [2.05, 4.69) is 26.1 Å². The number of ether oxygens (including phenoxy) is 1. The molecule has 16 heavy (non-hydrogen) atoms. The minimum atomic E-state index is -0.211. The zero-order valence-electron chi connectivity index (χ0n) is 9.66. The number of halogens is 1. The van der Waals surface area contributed by atoms with Crippen LogP contribution in [0.2, 0.25) is 0 Å². The molecule has 0 radical (unpaired) electrons. The number of hydrogen-bond acceptors (Lipinski definition) is 4. The van der Waals surface area contributed by atoms with E-state index < -0.39 is 0 Å². The Morgan fingerprint density at radius 1 is 1.56 bits per heavy atom. The monoisotopic (exact) mass is 286 g/mol. The zero-order chi connectivity index (χ0) is 12.1. The first-order valence-electron chi connectivity index (χ1n) is 5.13. The van der Waals surface area contributed by atoms with Gasteiger partial charge in [0.05, 0.1) is 18.3 Å². The summed E-state index contributed by atoms with van der Waals surface area (Å²) in [6, 6.07) is 1.66. The molecule has 0 saturated heterocycles. The average molecular weight is 287 g/mol. The Bertz CT molecular complexity index is 359. The van der Waals surface area contributed by atoms with E-state index in [1.54, 1.807) is 6.92 Å².